The largest absolute Gasteiger partial charge is 0.494 e. The van der Waals surface area contributed by atoms with Gasteiger partial charge in [-0.2, -0.15) is 0 Å². The molecular formula is C29H30ClNO3. The van der Waals surface area contributed by atoms with Gasteiger partial charge in [-0.25, -0.2) is 0 Å². The van der Waals surface area contributed by atoms with Crippen molar-refractivity contribution in [2.75, 3.05) is 26.2 Å². The van der Waals surface area contributed by atoms with E-state index in [-0.39, 0.29) is 5.78 Å². The molecule has 34 heavy (non-hydrogen) atoms. The maximum absolute atomic E-state index is 13.6. The lowest BCUT2D eigenvalue weighted by Crippen LogP contribution is -2.25. The average Bonchev–Trinajstić information content (AvgIpc) is 3.23. The summed E-state index contributed by atoms with van der Waals surface area (Å²) >= 11 is 6.03. The molecule has 176 valence electrons. The van der Waals surface area contributed by atoms with Gasteiger partial charge < -0.3 is 14.1 Å². The number of ketones is 1. The number of hydrogen-bond acceptors (Lipinski definition) is 4. The van der Waals surface area contributed by atoms with Crippen LogP contribution in [0.25, 0.3) is 11.0 Å². The maximum atomic E-state index is 13.6. The Bertz CT molecular complexity index is 1220. The van der Waals surface area contributed by atoms with Crippen LogP contribution in [-0.4, -0.2) is 36.9 Å². The standard InChI is InChI=1S/C29H30ClNO3/c1-3-31(4-2)18-7-19-33-24-16-12-22(13-17-24)29(32)28-25-8-5-6-9-26(25)34-27(28)20-21-10-14-23(30)15-11-21/h5-6,8-17H,3-4,7,18-20H2,1-2H3. The highest BCUT2D eigenvalue weighted by Gasteiger charge is 2.22. The molecule has 0 saturated carbocycles. The first-order valence-electron chi connectivity index (χ1n) is 11.8. The number of hydrogen-bond donors (Lipinski definition) is 0. The minimum Gasteiger partial charge on any atom is -0.494 e. The van der Waals surface area contributed by atoms with Gasteiger partial charge in [-0.15, -0.1) is 0 Å². The Labute approximate surface area is 206 Å². The van der Waals surface area contributed by atoms with Crippen LogP contribution < -0.4 is 4.74 Å². The summed E-state index contributed by atoms with van der Waals surface area (Å²) < 4.78 is 12.0. The maximum Gasteiger partial charge on any atom is 0.197 e. The monoisotopic (exact) mass is 475 g/mol. The van der Waals surface area contributed by atoms with Gasteiger partial charge in [0.1, 0.15) is 17.1 Å². The number of ether oxygens (including phenoxy) is 1. The molecule has 5 heteroatoms. The molecule has 0 spiro atoms. The first kappa shape index (κ1) is 24.1. The second-order valence-electron chi connectivity index (χ2n) is 8.28. The van der Waals surface area contributed by atoms with Gasteiger partial charge in [-0.1, -0.05) is 55.8 Å². The highest BCUT2D eigenvalue weighted by molar-refractivity contribution is 6.30. The average molecular weight is 476 g/mol. The number of halogens is 1. The number of benzene rings is 3. The third-order valence-corrected chi connectivity index (χ3v) is 6.32. The number of furan rings is 1. The Balaban J connectivity index is 1.51. The number of carbonyl (C=O) groups excluding carboxylic acids is 1. The van der Waals surface area contributed by atoms with E-state index in [0.717, 1.165) is 42.8 Å². The Morgan fingerprint density at radius 3 is 2.35 bits per heavy atom. The van der Waals surface area contributed by atoms with Gasteiger partial charge in [0.25, 0.3) is 0 Å². The number of rotatable bonds is 11. The van der Waals surface area contributed by atoms with Gasteiger partial charge in [-0.05, 0) is 67.5 Å². The van der Waals surface area contributed by atoms with Crippen LogP contribution in [0.15, 0.2) is 77.2 Å². The fourth-order valence-electron chi connectivity index (χ4n) is 4.12. The van der Waals surface area contributed by atoms with Crippen molar-refractivity contribution in [1.29, 1.82) is 0 Å². The molecule has 0 N–H and O–H groups in total. The van der Waals surface area contributed by atoms with Gasteiger partial charge in [-0.3, -0.25) is 4.79 Å². The normalized spacial score (nSPS) is 11.3. The van der Waals surface area contributed by atoms with E-state index in [1.54, 1.807) is 0 Å². The van der Waals surface area contributed by atoms with E-state index in [1.165, 1.54) is 0 Å². The van der Waals surface area contributed by atoms with Crippen LogP contribution in [-0.2, 0) is 6.42 Å². The van der Waals surface area contributed by atoms with Crippen LogP contribution >= 0.6 is 11.6 Å². The molecule has 0 radical (unpaired) electrons. The van der Waals surface area contributed by atoms with E-state index in [0.29, 0.717) is 40.5 Å². The van der Waals surface area contributed by atoms with Crippen LogP contribution in [0.5, 0.6) is 5.75 Å². The molecule has 0 fully saturated rings. The lowest BCUT2D eigenvalue weighted by Gasteiger charge is -2.17. The number of nitrogens with zero attached hydrogens (tertiary/aromatic N) is 1. The van der Waals surface area contributed by atoms with E-state index < -0.39 is 0 Å². The first-order valence-corrected chi connectivity index (χ1v) is 12.2. The molecule has 0 saturated heterocycles. The smallest absolute Gasteiger partial charge is 0.197 e. The van der Waals surface area contributed by atoms with Crippen molar-refractivity contribution in [2.24, 2.45) is 0 Å². The highest BCUT2D eigenvalue weighted by atomic mass is 35.5. The summed E-state index contributed by atoms with van der Waals surface area (Å²) in [5.74, 6) is 1.38. The Kier molecular flexibility index (Phi) is 8.04. The lowest BCUT2D eigenvalue weighted by molar-refractivity contribution is 0.103. The van der Waals surface area contributed by atoms with Crippen molar-refractivity contribution in [3.05, 3.63) is 100 Å². The zero-order valence-electron chi connectivity index (χ0n) is 19.7. The molecule has 1 heterocycles. The molecule has 0 aliphatic carbocycles. The van der Waals surface area contributed by atoms with E-state index in [9.17, 15) is 4.79 Å². The summed E-state index contributed by atoms with van der Waals surface area (Å²) in [6.45, 7) is 8.12. The molecule has 1 aromatic heterocycles. The number of carbonyl (C=O) groups is 1. The number of fused-ring (bicyclic) bond motifs is 1. The molecule has 4 rings (SSSR count). The summed E-state index contributed by atoms with van der Waals surface area (Å²) in [5, 5.41) is 1.51. The van der Waals surface area contributed by atoms with Crippen molar-refractivity contribution in [3.8, 4) is 5.75 Å². The van der Waals surface area contributed by atoms with E-state index >= 15 is 0 Å². The summed E-state index contributed by atoms with van der Waals surface area (Å²) in [4.78, 5) is 15.9. The molecule has 4 nitrogen and oxygen atoms in total. The van der Waals surface area contributed by atoms with Gasteiger partial charge in [0.05, 0.1) is 12.2 Å². The van der Waals surface area contributed by atoms with Gasteiger partial charge in [0.2, 0.25) is 0 Å². The van der Waals surface area contributed by atoms with Gasteiger partial charge in [0, 0.05) is 28.9 Å². The lowest BCUT2D eigenvalue weighted by atomic mass is 9.97. The highest BCUT2D eigenvalue weighted by Crippen LogP contribution is 2.30. The minimum absolute atomic E-state index is 0.0537. The van der Waals surface area contributed by atoms with Crippen molar-refractivity contribution in [2.45, 2.75) is 26.7 Å². The molecule has 0 atom stereocenters. The zero-order chi connectivity index (χ0) is 23.9. The third kappa shape index (κ3) is 5.69. The molecule has 0 bridgehead atoms. The van der Waals surface area contributed by atoms with Crippen molar-refractivity contribution >= 4 is 28.4 Å². The minimum atomic E-state index is -0.0537. The summed E-state index contributed by atoms with van der Waals surface area (Å²) in [6.07, 6.45) is 1.48. The Morgan fingerprint density at radius 2 is 1.65 bits per heavy atom. The van der Waals surface area contributed by atoms with Gasteiger partial charge in [0.15, 0.2) is 5.78 Å². The fourth-order valence-corrected chi connectivity index (χ4v) is 4.25. The SMILES string of the molecule is CCN(CC)CCCOc1ccc(C(=O)c2c(Cc3ccc(Cl)cc3)oc3ccccc23)cc1. The fraction of sp³-hybridized carbons (Fsp3) is 0.276. The Morgan fingerprint density at radius 1 is 0.941 bits per heavy atom. The quantitative estimate of drug-likeness (QED) is 0.173. The van der Waals surface area contributed by atoms with Crippen LogP contribution in [0.4, 0.5) is 0 Å². The van der Waals surface area contributed by atoms with Crippen LogP contribution in [0.1, 0.15) is 47.5 Å². The van der Waals surface area contributed by atoms with Crippen LogP contribution in [0.2, 0.25) is 5.02 Å². The summed E-state index contributed by atoms with van der Waals surface area (Å²) in [5.41, 5.74) is 2.96. The molecule has 0 amide bonds. The Hall–Kier alpha value is -3.08. The van der Waals surface area contributed by atoms with Crippen molar-refractivity contribution in [1.82, 2.24) is 4.90 Å². The molecule has 0 aliphatic heterocycles. The van der Waals surface area contributed by atoms with Gasteiger partial charge >= 0.3 is 0 Å². The van der Waals surface area contributed by atoms with E-state index in [1.807, 2.05) is 72.8 Å². The number of para-hydroxylation sites is 1. The van der Waals surface area contributed by atoms with E-state index in [4.69, 9.17) is 20.8 Å². The second-order valence-corrected chi connectivity index (χ2v) is 8.72. The molecule has 4 aromatic rings. The summed E-state index contributed by atoms with van der Waals surface area (Å²) in [6, 6.07) is 22.7. The molecule has 0 aliphatic rings. The first-order chi connectivity index (χ1) is 16.6. The van der Waals surface area contributed by atoms with Crippen molar-refractivity contribution in [3.63, 3.8) is 0 Å². The third-order valence-electron chi connectivity index (χ3n) is 6.07. The summed E-state index contributed by atoms with van der Waals surface area (Å²) in [7, 11) is 0. The second kappa shape index (κ2) is 11.4. The molecule has 0 unspecified atom stereocenters. The predicted molar refractivity (Wildman–Crippen MR) is 138 cm³/mol. The van der Waals surface area contributed by atoms with Crippen LogP contribution in [0.3, 0.4) is 0 Å². The molecular weight excluding hydrogens is 446 g/mol. The van der Waals surface area contributed by atoms with Crippen molar-refractivity contribution < 1.29 is 13.9 Å². The molecule has 3 aromatic carbocycles. The zero-order valence-corrected chi connectivity index (χ0v) is 20.5. The predicted octanol–water partition coefficient (Wildman–Crippen LogP) is 7.02. The van der Waals surface area contributed by atoms with E-state index in [2.05, 4.69) is 18.7 Å². The topological polar surface area (TPSA) is 42.7 Å². The van der Waals surface area contributed by atoms with Crippen LogP contribution in [0, 0.1) is 0 Å².